The molecule has 0 fully saturated rings. The molecule has 2 rings (SSSR count). The van der Waals surface area contributed by atoms with E-state index in [0.29, 0.717) is 0 Å². The number of sulfonamides is 1. The molecule has 0 spiro atoms. The van der Waals surface area contributed by atoms with Gasteiger partial charge in [-0.05, 0) is 42.0 Å². The Hall–Kier alpha value is -1.81. The summed E-state index contributed by atoms with van der Waals surface area (Å²) in [7, 11) is -7.30. The predicted octanol–water partition coefficient (Wildman–Crippen LogP) is 3.16. The average molecular weight is 452 g/mol. The van der Waals surface area contributed by atoms with Crippen LogP contribution in [-0.2, 0) is 30.4 Å². The van der Waals surface area contributed by atoms with Gasteiger partial charge in [0.05, 0.1) is 15.7 Å². The van der Waals surface area contributed by atoms with Gasteiger partial charge < -0.3 is 4.74 Å². The molecule has 0 aromatic heterocycles. The van der Waals surface area contributed by atoms with Crippen LogP contribution in [0.25, 0.3) is 0 Å². The molecular formula is C16H15Cl2NO6S2. The van der Waals surface area contributed by atoms with Crippen LogP contribution < -0.4 is 9.46 Å². The summed E-state index contributed by atoms with van der Waals surface area (Å²) >= 11 is 12.1. The largest absolute Gasteiger partial charge is 0.456 e. The van der Waals surface area contributed by atoms with Gasteiger partial charge >= 0.3 is 0 Å². The number of amides is 1. The van der Waals surface area contributed by atoms with Gasteiger partial charge in [0.25, 0.3) is 0 Å². The lowest BCUT2D eigenvalue weighted by atomic mass is 10.2. The summed E-state index contributed by atoms with van der Waals surface area (Å²) in [6.07, 6.45) is 1.05. The minimum absolute atomic E-state index is 0.0352. The summed E-state index contributed by atoms with van der Waals surface area (Å²) in [6.45, 7) is 1.09. The van der Waals surface area contributed by atoms with Crippen molar-refractivity contribution in [3.8, 4) is 11.5 Å². The molecule has 0 aliphatic rings. The molecular weight excluding hydrogens is 437 g/mol. The van der Waals surface area contributed by atoms with Crippen molar-refractivity contribution in [3.63, 3.8) is 0 Å². The first-order valence-corrected chi connectivity index (χ1v) is 11.6. The van der Waals surface area contributed by atoms with Crippen molar-refractivity contribution in [1.29, 1.82) is 0 Å². The third kappa shape index (κ3) is 6.39. The summed E-state index contributed by atoms with van der Waals surface area (Å²) in [5.41, 5.74) is 0.287. The van der Waals surface area contributed by atoms with Crippen molar-refractivity contribution in [1.82, 2.24) is 4.72 Å². The Morgan fingerprint density at radius 1 is 1.07 bits per heavy atom. The van der Waals surface area contributed by atoms with E-state index in [1.807, 2.05) is 4.72 Å². The van der Waals surface area contributed by atoms with Crippen LogP contribution in [0.5, 0.6) is 11.5 Å². The van der Waals surface area contributed by atoms with Crippen molar-refractivity contribution in [2.45, 2.75) is 17.6 Å². The molecule has 1 N–H and O–H groups in total. The van der Waals surface area contributed by atoms with Crippen LogP contribution in [0, 0.1) is 0 Å². The fraction of sp³-hybridized carbons (Fsp3) is 0.188. The number of benzene rings is 2. The van der Waals surface area contributed by atoms with Gasteiger partial charge in [-0.15, -0.1) is 0 Å². The van der Waals surface area contributed by atoms with Gasteiger partial charge in [-0.25, -0.2) is 16.8 Å². The van der Waals surface area contributed by atoms with Crippen LogP contribution in [0.4, 0.5) is 0 Å². The van der Waals surface area contributed by atoms with Crippen molar-refractivity contribution < 1.29 is 26.4 Å². The number of halogens is 2. The third-order valence-electron chi connectivity index (χ3n) is 3.15. The van der Waals surface area contributed by atoms with Crippen LogP contribution in [0.3, 0.4) is 0 Å². The Balaban J connectivity index is 2.30. The highest BCUT2D eigenvalue weighted by Gasteiger charge is 2.16. The molecule has 146 valence electrons. The zero-order valence-electron chi connectivity index (χ0n) is 14.2. The van der Waals surface area contributed by atoms with Crippen LogP contribution in [0.1, 0.15) is 12.5 Å². The van der Waals surface area contributed by atoms with E-state index in [0.717, 1.165) is 13.2 Å². The first-order chi connectivity index (χ1) is 12.4. The Kier molecular flexibility index (Phi) is 6.41. The number of hydrogen-bond donors (Lipinski definition) is 1. The highest BCUT2D eigenvalue weighted by molar-refractivity contribution is 7.90. The topological polar surface area (TPSA) is 107 Å². The first-order valence-electron chi connectivity index (χ1n) is 7.34. The van der Waals surface area contributed by atoms with Crippen LogP contribution in [0.2, 0.25) is 10.0 Å². The molecule has 27 heavy (non-hydrogen) atoms. The third-order valence-corrected chi connectivity index (χ3v) is 6.08. The van der Waals surface area contributed by atoms with Gasteiger partial charge in [-0.2, -0.15) is 0 Å². The number of sulfone groups is 1. The number of nitrogens with one attached hydrogen (secondary N) is 1. The monoisotopic (exact) mass is 451 g/mol. The summed E-state index contributed by atoms with van der Waals surface area (Å²) in [5.74, 6) is -0.817. The number of carbonyl (C=O) groups excluding carboxylic acids is 1. The average Bonchev–Trinajstić information content (AvgIpc) is 2.45. The van der Waals surface area contributed by atoms with Gasteiger partial charge in [-0.3, -0.25) is 9.52 Å². The van der Waals surface area contributed by atoms with E-state index in [1.54, 1.807) is 0 Å². The fourth-order valence-corrected chi connectivity index (χ4v) is 4.45. The normalized spacial score (nSPS) is 11.9. The molecule has 0 heterocycles. The molecule has 2 aromatic carbocycles. The number of hydrogen-bond acceptors (Lipinski definition) is 6. The second-order valence-corrected chi connectivity index (χ2v) is 10.3. The van der Waals surface area contributed by atoms with E-state index < -0.39 is 31.5 Å². The molecule has 0 aliphatic carbocycles. The van der Waals surface area contributed by atoms with E-state index in [2.05, 4.69) is 0 Å². The lowest BCUT2D eigenvalue weighted by molar-refractivity contribution is -0.117. The van der Waals surface area contributed by atoms with Crippen molar-refractivity contribution in [3.05, 3.63) is 52.0 Å². The maximum Gasteiger partial charge on any atom is 0.239 e. The van der Waals surface area contributed by atoms with Crippen molar-refractivity contribution >= 4 is 49.0 Å². The summed E-state index contributed by atoms with van der Waals surface area (Å²) in [6, 6.07) is 8.25. The Labute approximate surface area is 167 Å². The Bertz CT molecular complexity index is 1100. The standard InChI is InChI=1S/C16H15Cl2NO6S2/c1-10(20)19-27(23,24)9-11-5-12(17)7-13(6-11)25-16-4-3-14(8-15(16)18)26(2,21)22/h3-8H,9H2,1-2H3,(H,19,20). The van der Waals surface area contributed by atoms with Gasteiger partial charge in [0.2, 0.25) is 15.9 Å². The molecule has 0 radical (unpaired) electrons. The lowest BCUT2D eigenvalue weighted by Gasteiger charge is -2.11. The van der Waals surface area contributed by atoms with E-state index in [9.17, 15) is 21.6 Å². The molecule has 1 amide bonds. The SMILES string of the molecule is CC(=O)NS(=O)(=O)Cc1cc(Cl)cc(Oc2ccc(S(C)(=O)=O)cc2Cl)c1. The molecule has 0 saturated carbocycles. The molecule has 0 bridgehead atoms. The number of carbonyl (C=O) groups is 1. The molecule has 2 aromatic rings. The van der Waals surface area contributed by atoms with Crippen LogP contribution in [-0.4, -0.2) is 29.0 Å². The van der Waals surface area contributed by atoms with Gasteiger partial charge in [0, 0.05) is 18.2 Å². The number of ether oxygens (including phenoxy) is 1. The highest BCUT2D eigenvalue weighted by Crippen LogP contribution is 2.33. The predicted molar refractivity (Wildman–Crippen MR) is 103 cm³/mol. The fourth-order valence-electron chi connectivity index (χ4n) is 2.16. The Morgan fingerprint density at radius 3 is 2.30 bits per heavy atom. The summed E-state index contributed by atoms with van der Waals surface area (Å²) in [4.78, 5) is 11.0. The van der Waals surface area contributed by atoms with Gasteiger partial charge in [0.15, 0.2) is 9.84 Å². The van der Waals surface area contributed by atoms with Crippen molar-refractivity contribution in [2.75, 3.05) is 6.26 Å². The van der Waals surface area contributed by atoms with E-state index >= 15 is 0 Å². The minimum atomic E-state index is -3.88. The van der Waals surface area contributed by atoms with Gasteiger partial charge in [0.1, 0.15) is 11.5 Å². The van der Waals surface area contributed by atoms with Crippen molar-refractivity contribution in [2.24, 2.45) is 0 Å². The molecule has 11 heteroatoms. The summed E-state index contributed by atoms with van der Waals surface area (Å²) < 4.78 is 54.3. The van der Waals surface area contributed by atoms with E-state index in [-0.39, 0.29) is 32.0 Å². The van der Waals surface area contributed by atoms with E-state index in [4.69, 9.17) is 27.9 Å². The first kappa shape index (κ1) is 21.5. The van der Waals surface area contributed by atoms with Crippen LogP contribution in [0.15, 0.2) is 41.3 Å². The summed E-state index contributed by atoms with van der Waals surface area (Å²) in [5, 5.41) is 0.273. The Morgan fingerprint density at radius 2 is 1.74 bits per heavy atom. The second-order valence-electron chi connectivity index (χ2n) is 5.68. The van der Waals surface area contributed by atoms with E-state index in [1.165, 1.54) is 36.4 Å². The lowest BCUT2D eigenvalue weighted by Crippen LogP contribution is -2.29. The molecule has 0 aliphatic heterocycles. The molecule has 0 unspecified atom stereocenters. The molecule has 0 atom stereocenters. The zero-order valence-corrected chi connectivity index (χ0v) is 17.3. The smallest absolute Gasteiger partial charge is 0.239 e. The van der Waals surface area contributed by atoms with Crippen LogP contribution >= 0.6 is 23.2 Å². The highest BCUT2D eigenvalue weighted by atomic mass is 35.5. The van der Waals surface area contributed by atoms with Gasteiger partial charge in [-0.1, -0.05) is 23.2 Å². The minimum Gasteiger partial charge on any atom is -0.456 e. The maximum atomic E-state index is 11.9. The zero-order chi connectivity index (χ0) is 20.4. The second kappa shape index (κ2) is 8.05. The number of rotatable bonds is 6. The molecule has 0 saturated heterocycles. The quantitative estimate of drug-likeness (QED) is 0.722. The molecule has 7 nitrogen and oxygen atoms in total. The maximum absolute atomic E-state index is 11.9.